The van der Waals surface area contributed by atoms with Crippen molar-refractivity contribution >= 4 is 11.6 Å². The number of aryl methyl sites for hydroxylation is 1. The Morgan fingerprint density at radius 1 is 1.47 bits per heavy atom. The minimum Gasteiger partial charge on any atom is -0.496 e. The Balaban J connectivity index is 2.42. The number of aliphatic hydroxyl groups excluding tert-OH is 1. The zero-order valence-corrected chi connectivity index (χ0v) is 10.3. The van der Waals surface area contributed by atoms with E-state index < -0.39 is 6.10 Å². The summed E-state index contributed by atoms with van der Waals surface area (Å²) >= 11 is 5.92. The number of methoxy groups -OCH3 is 1. The molecule has 0 aliphatic carbocycles. The second-order valence-electron chi connectivity index (χ2n) is 3.75. The summed E-state index contributed by atoms with van der Waals surface area (Å²) in [4.78, 5) is 4.11. The lowest BCUT2D eigenvalue weighted by atomic mass is 10.1. The quantitative estimate of drug-likeness (QED) is 0.911. The van der Waals surface area contributed by atoms with E-state index in [1.807, 2.05) is 7.05 Å². The molecule has 90 valence electrons. The summed E-state index contributed by atoms with van der Waals surface area (Å²) in [7, 11) is 3.40. The van der Waals surface area contributed by atoms with Crippen LogP contribution in [-0.4, -0.2) is 21.8 Å². The Labute approximate surface area is 104 Å². The summed E-state index contributed by atoms with van der Waals surface area (Å²) in [6.45, 7) is 0. The highest BCUT2D eigenvalue weighted by Crippen LogP contribution is 2.31. The monoisotopic (exact) mass is 252 g/mol. The summed E-state index contributed by atoms with van der Waals surface area (Å²) in [5, 5.41) is 10.8. The van der Waals surface area contributed by atoms with Crippen molar-refractivity contribution in [2.75, 3.05) is 7.11 Å². The SMILES string of the molecule is COc1ccc(Cl)cc1C(O)c1cn(C)cn1. The molecule has 1 heterocycles. The Morgan fingerprint density at radius 3 is 2.82 bits per heavy atom. The van der Waals surface area contributed by atoms with Crippen LogP contribution in [0.4, 0.5) is 0 Å². The Hall–Kier alpha value is -1.52. The zero-order valence-electron chi connectivity index (χ0n) is 9.59. The largest absolute Gasteiger partial charge is 0.496 e. The molecule has 0 aliphatic rings. The van der Waals surface area contributed by atoms with Gasteiger partial charge in [-0.25, -0.2) is 4.98 Å². The normalized spacial score (nSPS) is 12.5. The molecular weight excluding hydrogens is 240 g/mol. The van der Waals surface area contributed by atoms with Gasteiger partial charge in [-0.05, 0) is 18.2 Å². The molecule has 2 rings (SSSR count). The first kappa shape index (κ1) is 12.0. The van der Waals surface area contributed by atoms with Gasteiger partial charge < -0.3 is 14.4 Å². The molecule has 1 atom stereocenters. The topological polar surface area (TPSA) is 47.3 Å². The van der Waals surface area contributed by atoms with Crippen LogP contribution in [0.15, 0.2) is 30.7 Å². The molecule has 1 unspecified atom stereocenters. The van der Waals surface area contributed by atoms with E-state index >= 15 is 0 Å². The van der Waals surface area contributed by atoms with E-state index in [0.29, 0.717) is 22.0 Å². The molecule has 4 nitrogen and oxygen atoms in total. The molecule has 1 aromatic carbocycles. The average molecular weight is 253 g/mol. The Bertz CT molecular complexity index is 525. The number of aromatic nitrogens is 2. The number of aliphatic hydroxyl groups is 1. The number of hydrogen-bond donors (Lipinski definition) is 1. The summed E-state index contributed by atoms with van der Waals surface area (Å²) in [5.74, 6) is 0.590. The smallest absolute Gasteiger partial charge is 0.126 e. The summed E-state index contributed by atoms with van der Waals surface area (Å²) in [5.41, 5.74) is 1.17. The molecule has 17 heavy (non-hydrogen) atoms. The van der Waals surface area contributed by atoms with Gasteiger partial charge in [0.2, 0.25) is 0 Å². The van der Waals surface area contributed by atoms with Gasteiger partial charge in [-0.15, -0.1) is 0 Å². The molecule has 0 saturated carbocycles. The van der Waals surface area contributed by atoms with Crippen molar-refractivity contribution in [3.63, 3.8) is 0 Å². The van der Waals surface area contributed by atoms with E-state index in [0.717, 1.165) is 0 Å². The highest BCUT2D eigenvalue weighted by Gasteiger charge is 2.17. The molecule has 1 N–H and O–H groups in total. The van der Waals surface area contributed by atoms with Crippen LogP contribution in [0.1, 0.15) is 17.4 Å². The standard InChI is InChI=1S/C12H13ClN2O2/c1-15-6-10(14-7-15)12(16)9-5-8(13)3-4-11(9)17-2/h3-7,12,16H,1-2H3. The predicted octanol–water partition coefficient (Wildman–Crippen LogP) is 2.16. The van der Waals surface area contributed by atoms with Crippen molar-refractivity contribution in [2.24, 2.45) is 7.05 Å². The maximum absolute atomic E-state index is 10.2. The second kappa shape index (κ2) is 4.77. The zero-order chi connectivity index (χ0) is 12.4. The highest BCUT2D eigenvalue weighted by molar-refractivity contribution is 6.30. The molecule has 0 fully saturated rings. The lowest BCUT2D eigenvalue weighted by molar-refractivity contribution is 0.210. The minimum absolute atomic E-state index is 0.552. The van der Waals surface area contributed by atoms with Gasteiger partial charge in [0.05, 0.1) is 19.1 Å². The molecule has 0 spiro atoms. The van der Waals surface area contributed by atoms with Gasteiger partial charge in [-0.3, -0.25) is 0 Å². The predicted molar refractivity (Wildman–Crippen MR) is 65.3 cm³/mol. The van der Waals surface area contributed by atoms with E-state index in [1.165, 1.54) is 0 Å². The molecule has 2 aromatic rings. The van der Waals surface area contributed by atoms with Crippen LogP contribution >= 0.6 is 11.6 Å². The third-order valence-corrected chi connectivity index (χ3v) is 2.73. The molecule has 0 bridgehead atoms. The summed E-state index contributed by atoms with van der Waals surface area (Å²) < 4.78 is 6.97. The van der Waals surface area contributed by atoms with Crippen molar-refractivity contribution in [1.82, 2.24) is 9.55 Å². The third kappa shape index (κ3) is 2.43. The van der Waals surface area contributed by atoms with Crippen molar-refractivity contribution in [3.8, 4) is 5.75 Å². The average Bonchev–Trinajstić information content (AvgIpc) is 2.75. The highest BCUT2D eigenvalue weighted by atomic mass is 35.5. The van der Waals surface area contributed by atoms with Gasteiger partial charge in [0.1, 0.15) is 11.9 Å². The number of nitrogens with zero attached hydrogens (tertiary/aromatic N) is 2. The van der Waals surface area contributed by atoms with Gasteiger partial charge in [-0.1, -0.05) is 11.6 Å². The maximum Gasteiger partial charge on any atom is 0.126 e. The lowest BCUT2D eigenvalue weighted by Gasteiger charge is -2.13. The van der Waals surface area contributed by atoms with Crippen LogP contribution in [0.3, 0.4) is 0 Å². The molecule has 5 heteroatoms. The summed E-state index contributed by atoms with van der Waals surface area (Å²) in [6, 6.07) is 5.12. The first-order valence-corrected chi connectivity index (χ1v) is 5.49. The fourth-order valence-electron chi connectivity index (χ4n) is 1.65. The fraction of sp³-hybridized carbons (Fsp3) is 0.250. The number of ether oxygens (including phenoxy) is 1. The first-order valence-electron chi connectivity index (χ1n) is 5.11. The van der Waals surface area contributed by atoms with Crippen LogP contribution in [0.25, 0.3) is 0 Å². The van der Waals surface area contributed by atoms with Crippen LogP contribution in [-0.2, 0) is 7.05 Å². The van der Waals surface area contributed by atoms with Gasteiger partial charge in [0.25, 0.3) is 0 Å². The van der Waals surface area contributed by atoms with Crippen LogP contribution in [0.2, 0.25) is 5.02 Å². The number of rotatable bonds is 3. The first-order chi connectivity index (χ1) is 8.11. The third-order valence-electron chi connectivity index (χ3n) is 2.49. The Kier molecular flexibility index (Phi) is 3.36. The van der Waals surface area contributed by atoms with Gasteiger partial charge in [0.15, 0.2) is 0 Å². The van der Waals surface area contributed by atoms with E-state index in [4.69, 9.17) is 16.3 Å². The lowest BCUT2D eigenvalue weighted by Crippen LogP contribution is -2.03. The number of halogens is 1. The van der Waals surface area contributed by atoms with Crippen molar-refractivity contribution in [3.05, 3.63) is 47.0 Å². The number of hydrogen-bond acceptors (Lipinski definition) is 3. The molecule has 0 amide bonds. The van der Waals surface area contributed by atoms with E-state index in [9.17, 15) is 5.11 Å². The molecule has 0 aliphatic heterocycles. The fourth-order valence-corrected chi connectivity index (χ4v) is 1.83. The van der Waals surface area contributed by atoms with Crippen molar-refractivity contribution < 1.29 is 9.84 Å². The Morgan fingerprint density at radius 2 is 2.24 bits per heavy atom. The number of imidazole rings is 1. The van der Waals surface area contributed by atoms with E-state index in [1.54, 1.807) is 42.4 Å². The molecule has 0 saturated heterocycles. The van der Waals surface area contributed by atoms with Gasteiger partial charge in [0, 0.05) is 23.8 Å². The van der Waals surface area contributed by atoms with Crippen molar-refractivity contribution in [2.45, 2.75) is 6.10 Å². The van der Waals surface area contributed by atoms with Crippen LogP contribution in [0.5, 0.6) is 5.75 Å². The van der Waals surface area contributed by atoms with Gasteiger partial charge in [-0.2, -0.15) is 0 Å². The van der Waals surface area contributed by atoms with Crippen LogP contribution < -0.4 is 4.74 Å². The second-order valence-corrected chi connectivity index (χ2v) is 4.19. The maximum atomic E-state index is 10.2. The van der Waals surface area contributed by atoms with Gasteiger partial charge >= 0.3 is 0 Å². The molecule has 1 aromatic heterocycles. The van der Waals surface area contributed by atoms with E-state index in [-0.39, 0.29) is 0 Å². The van der Waals surface area contributed by atoms with Crippen molar-refractivity contribution in [1.29, 1.82) is 0 Å². The molecular formula is C12H13ClN2O2. The molecule has 0 radical (unpaired) electrons. The van der Waals surface area contributed by atoms with Crippen LogP contribution in [0, 0.1) is 0 Å². The number of benzene rings is 1. The summed E-state index contributed by atoms with van der Waals surface area (Å²) in [6.07, 6.45) is 2.55. The minimum atomic E-state index is -0.843. The van der Waals surface area contributed by atoms with E-state index in [2.05, 4.69) is 4.98 Å².